The van der Waals surface area contributed by atoms with Gasteiger partial charge < -0.3 is 9.47 Å². The molecule has 2 heteroatoms. The van der Waals surface area contributed by atoms with Gasteiger partial charge in [-0.2, -0.15) is 0 Å². The Labute approximate surface area is 325 Å². The van der Waals surface area contributed by atoms with Crippen LogP contribution < -0.4 is 4.90 Å². The predicted molar refractivity (Wildman–Crippen MR) is 239 cm³/mol. The van der Waals surface area contributed by atoms with E-state index in [1.807, 2.05) is 0 Å². The van der Waals surface area contributed by atoms with Gasteiger partial charge in [0.1, 0.15) is 0 Å². The van der Waals surface area contributed by atoms with Crippen LogP contribution in [-0.2, 0) is 0 Å². The number of aromatic nitrogens is 1. The van der Waals surface area contributed by atoms with Gasteiger partial charge in [-0.25, -0.2) is 0 Å². The number of nitrogens with zero attached hydrogens (tertiary/aromatic N) is 2. The lowest BCUT2D eigenvalue weighted by Crippen LogP contribution is -2.11. The number of anilines is 3. The van der Waals surface area contributed by atoms with E-state index in [1.54, 1.807) is 0 Å². The van der Waals surface area contributed by atoms with Gasteiger partial charge in [0.25, 0.3) is 0 Å². The lowest BCUT2D eigenvalue weighted by atomic mass is 9.93. The summed E-state index contributed by atoms with van der Waals surface area (Å²) in [7, 11) is 0. The highest BCUT2D eigenvalue weighted by Crippen LogP contribution is 2.44. The molecule has 0 spiro atoms. The van der Waals surface area contributed by atoms with Crippen molar-refractivity contribution in [2.24, 2.45) is 0 Å². The molecule has 11 rings (SSSR count). The molecule has 0 amide bonds. The summed E-state index contributed by atoms with van der Waals surface area (Å²) >= 11 is 0. The van der Waals surface area contributed by atoms with Crippen LogP contribution in [0.3, 0.4) is 0 Å². The van der Waals surface area contributed by atoms with Gasteiger partial charge in [0, 0.05) is 33.4 Å². The van der Waals surface area contributed by atoms with E-state index in [-0.39, 0.29) is 0 Å². The molecule has 0 unspecified atom stereocenters. The summed E-state index contributed by atoms with van der Waals surface area (Å²) in [5, 5.41) is 10.2. The van der Waals surface area contributed by atoms with Gasteiger partial charge in [-0.15, -0.1) is 0 Å². The van der Waals surface area contributed by atoms with E-state index in [0.717, 1.165) is 22.7 Å². The lowest BCUT2D eigenvalue weighted by molar-refractivity contribution is 1.18. The number of hydrogen-bond acceptors (Lipinski definition) is 1. The van der Waals surface area contributed by atoms with Crippen LogP contribution >= 0.6 is 0 Å². The van der Waals surface area contributed by atoms with Crippen LogP contribution in [0.4, 0.5) is 17.1 Å². The highest BCUT2D eigenvalue weighted by atomic mass is 15.1. The van der Waals surface area contributed by atoms with Crippen LogP contribution in [0.1, 0.15) is 0 Å². The maximum absolute atomic E-state index is 2.42. The molecule has 2 nitrogen and oxygen atoms in total. The largest absolute Gasteiger partial charge is 0.310 e. The summed E-state index contributed by atoms with van der Waals surface area (Å²) < 4.78 is 2.37. The summed E-state index contributed by atoms with van der Waals surface area (Å²) in [6, 6.07) is 79.4. The Bertz CT molecular complexity index is 3140. The Hall–Kier alpha value is -7.42. The number of hydrogen-bond donors (Lipinski definition) is 0. The van der Waals surface area contributed by atoms with Crippen molar-refractivity contribution in [2.75, 3.05) is 4.90 Å². The van der Waals surface area contributed by atoms with E-state index < -0.39 is 0 Å². The average Bonchev–Trinajstić information content (AvgIpc) is 3.62. The van der Waals surface area contributed by atoms with Crippen molar-refractivity contribution in [1.29, 1.82) is 0 Å². The molecule has 0 aliphatic heterocycles. The molecule has 0 atom stereocenters. The zero-order valence-electron chi connectivity index (χ0n) is 30.7. The molecule has 10 aromatic carbocycles. The van der Waals surface area contributed by atoms with E-state index in [4.69, 9.17) is 0 Å². The molecule has 0 N–H and O–H groups in total. The number of para-hydroxylation sites is 3. The second-order valence-electron chi connectivity index (χ2n) is 14.5. The van der Waals surface area contributed by atoms with Crippen molar-refractivity contribution < 1.29 is 0 Å². The van der Waals surface area contributed by atoms with Crippen molar-refractivity contribution in [3.05, 3.63) is 218 Å². The molecule has 0 saturated carbocycles. The molecule has 0 aliphatic rings. The molecular weight excluding hydrogens is 677 g/mol. The average molecular weight is 713 g/mol. The summed E-state index contributed by atoms with van der Waals surface area (Å²) in [6.45, 7) is 0. The minimum Gasteiger partial charge on any atom is -0.310 e. The van der Waals surface area contributed by atoms with Gasteiger partial charge in [0.05, 0.1) is 16.7 Å². The summed E-state index contributed by atoms with van der Waals surface area (Å²) in [5.74, 6) is 0. The Morgan fingerprint density at radius 3 is 1.34 bits per heavy atom. The Morgan fingerprint density at radius 1 is 0.286 bits per heavy atom. The molecule has 56 heavy (non-hydrogen) atoms. The normalized spacial score (nSPS) is 11.6. The van der Waals surface area contributed by atoms with Gasteiger partial charge in [-0.1, -0.05) is 164 Å². The molecule has 262 valence electrons. The fraction of sp³-hybridized carbons (Fsp3) is 0. The second-order valence-corrected chi connectivity index (χ2v) is 14.5. The molecule has 0 saturated heterocycles. The molecule has 11 aromatic rings. The quantitative estimate of drug-likeness (QED) is 0.156. The molecule has 1 heterocycles. The molecule has 0 bridgehead atoms. The van der Waals surface area contributed by atoms with Crippen molar-refractivity contribution in [3.8, 4) is 27.9 Å². The van der Waals surface area contributed by atoms with Crippen LogP contribution in [0.25, 0.3) is 82.1 Å². The lowest BCUT2D eigenvalue weighted by Gasteiger charge is -2.28. The molecule has 0 fully saturated rings. The summed E-state index contributed by atoms with van der Waals surface area (Å²) in [5.41, 5.74) is 11.7. The first-order valence-corrected chi connectivity index (χ1v) is 19.3. The third-order valence-corrected chi connectivity index (χ3v) is 11.4. The van der Waals surface area contributed by atoms with Crippen molar-refractivity contribution in [3.63, 3.8) is 0 Å². The first kappa shape index (κ1) is 32.0. The number of fused-ring (bicyclic) bond motifs is 9. The fourth-order valence-corrected chi connectivity index (χ4v) is 8.80. The number of rotatable bonds is 6. The fourth-order valence-electron chi connectivity index (χ4n) is 8.80. The van der Waals surface area contributed by atoms with Crippen molar-refractivity contribution in [1.82, 2.24) is 4.57 Å². The Balaban J connectivity index is 1.04. The summed E-state index contributed by atoms with van der Waals surface area (Å²) in [4.78, 5) is 2.42. The van der Waals surface area contributed by atoms with E-state index in [0.29, 0.717) is 0 Å². The van der Waals surface area contributed by atoms with E-state index in [2.05, 4.69) is 228 Å². The third kappa shape index (κ3) is 5.19. The van der Waals surface area contributed by atoms with Gasteiger partial charge >= 0.3 is 0 Å². The van der Waals surface area contributed by atoms with E-state index in [1.165, 1.54) is 76.4 Å². The van der Waals surface area contributed by atoms with Crippen molar-refractivity contribution >= 4 is 71.2 Å². The van der Waals surface area contributed by atoms with Gasteiger partial charge in [-0.3, -0.25) is 0 Å². The van der Waals surface area contributed by atoms with Crippen LogP contribution in [0.15, 0.2) is 218 Å². The SMILES string of the molecule is c1ccc(-c2ccccc2N(c2ccc(-c3ccc(-n4c5ccccc5c5ccccc54)cc3)cc2)c2ccc3c4ccccc4c4ccccc4c3c2)cc1. The smallest absolute Gasteiger partial charge is 0.0541 e. The van der Waals surface area contributed by atoms with Gasteiger partial charge in [0.15, 0.2) is 0 Å². The first-order chi connectivity index (χ1) is 27.8. The van der Waals surface area contributed by atoms with E-state index >= 15 is 0 Å². The highest BCUT2D eigenvalue weighted by Gasteiger charge is 2.19. The first-order valence-electron chi connectivity index (χ1n) is 19.3. The molecule has 0 radical (unpaired) electrons. The zero-order valence-corrected chi connectivity index (χ0v) is 30.7. The molecular formula is C54H36N2. The standard InChI is InChI=1S/C54H36N2/c1-2-14-39(15-3-1)43-16-8-11-23-52(43)55(42-34-35-48-46-19-5-4-17-44(46)45-18-6-7-20-47(45)51(48)36-42)40-30-26-37(27-31-40)38-28-32-41(33-29-38)56-53-24-12-9-21-49(53)50-22-10-13-25-54(50)56/h1-36H. The molecule has 0 aliphatic carbocycles. The summed E-state index contributed by atoms with van der Waals surface area (Å²) in [6.07, 6.45) is 0. The monoisotopic (exact) mass is 712 g/mol. The second kappa shape index (κ2) is 13.2. The Kier molecular flexibility index (Phi) is 7.53. The Morgan fingerprint density at radius 2 is 0.732 bits per heavy atom. The minimum atomic E-state index is 1.10. The van der Waals surface area contributed by atoms with Crippen LogP contribution in [0.5, 0.6) is 0 Å². The maximum atomic E-state index is 2.42. The van der Waals surface area contributed by atoms with Gasteiger partial charge in [-0.05, 0) is 104 Å². The maximum Gasteiger partial charge on any atom is 0.0541 e. The van der Waals surface area contributed by atoms with Crippen LogP contribution in [-0.4, -0.2) is 4.57 Å². The van der Waals surface area contributed by atoms with Crippen LogP contribution in [0, 0.1) is 0 Å². The zero-order chi connectivity index (χ0) is 37.0. The van der Waals surface area contributed by atoms with Gasteiger partial charge in [0.2, 0.25) is 0 Å². The molecule has 1 aromatic heterocycles. The predicted octanol–water partition coefficient (Wildman–Crippen LogP) is 15.0. The highest BCUT2D eigenvalue weighted by molar-refractivity contribution is 6.25. The van der Waals surface area contributed by atoms with Crippen LogP contribution in [0.2, 0.25) is 0 Å². The third-order valence-electron chi connectivity index (χ3n) is 11.4. The number of benzene rings is 10. The topological polar surface area (TPSA) is 8.17 Å². The van der Waals surface area contributed by atoms with E-state index in [9.17, 15) is 0 Å². The minimum absolute atomic E-state index is 1.10. The van der Waals surface area contributed by atoms with Crippen molar-refractivity contribution in [2.45, 2.75) is 0 Å².